The monoisotopic (exact) mass is 327 g/mol. The zero-order valence-corrected chi connectivity index (χ0v) is 12.9. The number of anilines is 1. The van der Waals surface area contributed by atoms with Gasteiger partial charge in [-0.2, -0.15) is 0 Å². The molecule has 124 valence electrons. The highest BCUT2D eigenvalue weighted by Gasteiger charge is 2.73. The summed E-state index contributed by atoms with van der Waals surface area (Å²) in [6.45, 7) is 0.166. The smallest absolute Gasteiger partial charge is 0.241 e. The maximum Gasteiger partial charge on any atom is 0.241 e. The Hall–Kier alpha value is -2.73. The van der Waals surface area contributed by atoms with E-state index >= 15 is 0 Å². The molecule has 0 saturated heterocycles. The van der Waals surface area contributed by atoms with Crippen LogP contribution < -0.4 is 16.8 Å². The molecule has 1 fully saturated rings. The second-order valence-electron chi connectivity index (χ2n) is 5.92. The van der Waals surface area contributed by atoms with Crippen molar-refractivity contribution < 1.29 is 14.0 Å². The second kappa shape index (κ2) is 6.05. The van der Waals surface area contributed by atoms with Crippen molar-refractivity contribution in [2.24, 2.45) is 22.8 Å². The number of carbonyl (C=O) groups excluding carboxylic acids is 2. The Morgan fingerprint density at radius 3 is 2.25 bits per heavy atom. The summed E-state index contributed by atoms with van der Waals surface area (Å²) < 4.78 is 13.0. The molecule has 2 aromatic carbocycles. The number of halogens is 1. The topological polar surface area (TPSA) is 98.2 Å². The van der Waals surface area contributed by atoms with Crippen molar-refractivity contribution in [1.82, 2.24) is 0 Å². The Balaban J connectivity index is 1.92. The number of rotatable bonds is 5. The van der Waals surface area contributed by atoms with Crippen LogP contribution in [0, 0.1) is 17.2 Å². The highest BCUT2D eigenvalue weighted by atomic mass is 19.1. The summed E-state index contributed by atoms with van der Waals surface area (Å²) in [6.07, 6.45) is 0. The van der Waals surface area contributed by atoms with Gasteiger partial charge in [-0.1, -0.05) is 30.3 Å². The lowest BCUT2D eigenvalue weighted by molar-refractivity contribution is -0.133. The van der Waals surface area contributed by atoms with Crippen molar-refractivity contribution in [3.8, 4) is 0 Å². The van der Waals surface area contributed by atoms with Crippen molar-refractivity contribution in [3.63, 3.8) is 0 Å². The average molecular weight is 327 g/mol. The van der Waals surface area contributed by atoms with E-state index < -0.39 is 23.0 Å². The van der Waals surface area contributed by atoms with E-state index in [0.29, 0.717) is 5.69 Å². The zero-order valence-electron chi connectivity index (χ0n) is 12.9. The predicted molar refractivity (Wildman–Crippen MR) is 88.4 cm³/mol. The van der Waals surface area contributed by atoms with E-state index in [0.717, 1.165) is 5.56 Å². The first kappa shape index (κ1) is 16.1. The number of benzene rings is 2. The minimum absolute atomic E-state index is 0.166. The van der Waals surface area contributed by atoms with Gasteiger partial charge in [0, 0.05) is 17.5 Å². The SMILES string of the molecule is NCC1C(c2ccccc2)C1(C(N)=O)C(=O)Nc1ccc(F)cc1. The molecule has 3 atom stereocenters. The van der Waals surface area contributed by atoms with Crippen LogP contribution in [0.1, 0.15) is 11.5 Å². The van der Waals surface area contributed by atoms with E-state index in [4.69, 9.17) is 11.5 Å². The van der Waals surface area contributed by atoms with E-state index in [1.807, 2.05) is 30.3 Å². The van der Waals surface area contributed by atoms with Gasteiger partial charge in [0.15, 0.2) is 0 Å². The fourth-order valence-corrected chi connectivity index (χ4v) is 3.46. The first-order valence-corrected chi connectivity index (χ1v) is 7.63. The van der Waals surface area contributed by atoms with E-state index in [1.165, 1.54) is 24.3 Å². The lowest BCUT2D eigenvalue weighted by Gasteiger charge is -2.15. The molecule has 5 nitrogen and oxygen atoms in total. The largest absolute Gasteiger partial charge is 0.369 e. The van der Waals surface area contributed by atoms with Crippen LogP contribution in [-0.2, 0) is 9.59 Å². The van der Waals surface area contributed by atoms with Gasteiger partial charge in [0.2, 0.25) is 11.8 Å². The van der Waals surface area contributed by atoms with Crippen LogP contribution in [0.3, 0.4) is 0 Å². The highest BCUT2D eigenvalue weighted by molar-refractivity contribution is 6.14. The van der Waals surface area contributed by atoms with E-state index in [-0.39, 0.29) is 18.4 Å². The molecule has 1 aliphatic rings. The van der Waals surface area contributed by atoms with E-state index in [1.54, 1.807) is 0 Å². The molecule has 24 heavy (non-hydrogen) atoms. The summed E-state index contributed by atoms with van der Waals surface area (Å²) in [5, 5.41) is 2.66. The third-order valence-electron chi connectivity index (χ3n) is 4.67. The van der Waals surface area contributed by atoms with Crippen molar-refractivity contribution in [2.45, 2.75) is 5.92 Å². The van der Waals surface area contributed by atoms with Gasteiger partial charge in [-0.05, 0) is 36.4 Å². The van der Waals surface area contributed by atoms with Crippen LogP contribution in [-0.4, -0.2) is 18.4 Å². The maximum atomic E-state index is 13.0. The van der Waals surface area contributed by atoms with Crippen molar-refractivity contribution in [1.29, 1.82) is 0 Å². The van der Waals surface area contributed by atoms with Crippen LogP contribution in [0.4, 0.5) is 10.1 Å². The van der Waals surface area contributed by atoms with E-state index in [9.17, 15) is 14.0 Å². The minimum Gasteiger partial charge on any atom is -0.369 e. The second-order valence-corrected chi connectivity index (χ2v) is 5.92. The molecule has 0 bridgehead atoms. The summed E-state index contributed by atoms with van der Waals surface area (Å²) >= 11 is 0. The number of amides is 2. The summed E-state index contributed by atoms with van der Waals surface area (Å²) in [6, 6.07) is 14.6. The van der Waals surface area contributed by atoms with Crippen LogP contribution >= 0.6 is 0 Å². The van der Waals surface area contributed by atoms with Crippen LogP contribution in [0.15, 0.2) is 54.6 Å². The quantitative estimate of drug-likeness (QED) is 0.728. The molecule has 5 N–H and O–H groups in total. The number of hydrogen-bond acceptors (Lipinski definition) is 3. The number of hydrogen-bond donors (Lipinski definition) is 3. The molecule has 0 heterocycles. The average Bonchev–Trinajstić information content (AvgIpc) is 3.28. The van der Waals surface area contributed by atoms with Gasteiger partial charge in [-0.25, -0.2) is 4.39 Å². The third-order valence-corrected chi connectivity index (χ3v) is 4.67. The van der Waals surface area contributed by atoms with Crippen LogP contribution in [0.25, 0.3) is 0 Å². The van der Waals surface area contributed by atoms with Gasteiger partial charge in [-0.15, -0.1) is 0 Å². The Morgan fingerprint density at radius 1 is 1.08 bits per heavy atom. The van der Waals surface area contributed by atoms with Crippen molar-refractivity contribution in [3.05, 3.63) is 66.0 Å². The van der Waals surface area contributed by atoms with Crippen molar-refractivity contribution >= 4 is 17.5 Å². The molecule has 0 spiro atoms. The molecule has 0 aromatic heterocycles. The molecular weight excluding hydrogens is 309 g/mol. The third kappa shape index (κ3) is 2.45. The predicted octanol–water partition coefficient (Wildman–Crippen LogP) is 1.61. The van der Waals surface area contributed by atoms with Gasteiger partial charge in [0.25, 0.3) is 0 Å². The first-order chi connectivity index (χ1) is 11.5. The highest BCUT2D eigenvalue weighted by Crippen LogP contribution is 2.64. The number of carbonyl (C=O) groups is 2. The molecule has 3 rings (SSSR count). The Bertz CT molecular complexity index is 764. The Kier molecular flexibility index (Phi) is 4.07. The summed E-state index contributed by atoms with van der Waals surface area (Å²) in [4.78, 5) is 25.0. The van der Waals surface area contributed by atoms with Crippen LogP contribution in [0.5, 0.6) is 0 Å². The van der Waals surface area contributed by atoms with Gasteiger partial charge in [0.1, 0.15) is 11.2 Å². The summed E-state index contributed by atoms with van der Waals surface area (Å²) in [5.41, 5.74) is 11.2. The molecule has 1 aliphatic carbocycles. The Morgan fingerprint density at radius 2 is 1.71 bits per heavy atom. The van der Waals surface area contributed by atoms with Gasteiger partial charge < -0.3 is 16.8 Å². The number of nitrogens with two attached hydrogens (primary N) is 2. The molecule has 3 unspecified atom stereocenters. The van der Waals surface area contributed by atoms with Crippen LogP contribution in [0.2, 0.25) is 0 Å². The zero-order chi connectivity index (χ0) is 17.3. The summed E-state index contributed by atoms with van der Waals surface area (Å²) in [5.74, 6) is -2.34. The molecule has 0 radical (unpaired) electrons. The molecule has 0 aliphatic heterocycles. The van der Waals surface area contributed by atoms with Gasteiger partial charge >= 0.3 is 0 Å². The maximum absolute atomic E-state index is 13.0. The standard InChI is InChI=1S/C18H18FN3O2/c19-12-6-8-13(9-7-12)22-17(24)18(16(21)23)14(10-20)15(18)11-4-2-1-3-5-11/h1-9,14-15H,10,20H2,(H2,21,23)(H,22,24). The molecule has 2 amide bonds. The normalized spacial score (nSPS) is 25.1. The lowest BCUT2D eigenvalue weighted by atomic mass is 9.96. The van der Waals surface area contributed by atoms with Gasteiger partial charge in [0.05, 0.1) is 0 Å². The minimum atomic E-state index is -1.38. The Labute approximate surface area is 138 Å². The fourth-order valence-electron chi connectivity index (χ4n) is 3.46. The summed E-state index contributed by atoms with van der Waals surface area (Å²) in [7, 11) is 0. The van der Waals surface area contributed by atoms with E-state index in [2.05, 4.69) is 5.32 Å². The first-order valence-electron chi connectivity index (χ1n) is 7.63. The van der Waals surface area contributed by atoms with Gasteiger partial charge in [-0.3, -0.25) is 9.59 Å². The number of primary amides is 1. The molecular formula is C18H18FN3O2. The fraction of sp³-hybridized carbons (Fsp3) is 0.222. The molecule has 2 aromatic rings. The lowest BCUT2D eigenvalue weighted by Crippen LogP contribution is -2.40. The number of nitrogens with one attached hydrogen (secondary N) is 1. The molecule has 6 heteroatoms. The molecule has 1 saturated carbocycles. The van der Waals surface area contributed by atoms with Crippen molar-refractivity contribution in [2.75, 3.05) is 11.9 Å².